The van der Waals surface area contributed by atoms with E-state index in [2.05, 4.69) is 10.6 Å². The van der Waals surface area contributed by atoms with Crippen LogP contribution in [-0.2, 0) is 29.0 Å². The third kappa shape index (κ3) is 8.16. The third-order valence-electron chi connectivity index (χ3n) is 7.40. The summed E-state index contributed by atoms with van der Waals surface area (Å²) in [6.45, 7) is 2.09. The van der Waals surface area contributed by atoms with Crippen molar-refractivity contribution < 1.29 is 29.0 Å². The van der Waals surface area contributed by atoms with Crippen molar-refractivity contribution in [1.29, 1.82) is 0 Å². The van der Waals surface area contributed by atoms with E-state index in [4.69, 9.17) is 9.47 Å². The van der Waals surface area contributed by atoms with E-state index in [0.717, 1.165) is 59.3 Å². The number of amides is 2. The van der Waals surface area contributed by atoms with Gasteiger partial charge in [0.25, 0.3) is 5.91 Å². The van der Waals surface area contributed by atoms with Crippen LogP contribution in [-0.4, -0.2) is 54.3 Å². The number of hydrogen-bond donors (Lipinski definition) is 3. The van der Waals surface area contributed by atoms with Gasteiger partial charge in [0.1, 0.15) is 29.8 Å². The molecule has 9 heteroatoms. The number of carbonyl (C=O) groups excluding carboxylic acids is 2. The highest BCUT2D eigenvalue weighted by Crippen LogP contribution is 2.31. The molecule has 4 rings (SSSR count). The molecule has 0 aliphatic carbocycles. The second-order valence-corrected chi connectivity index (χ2v) is 10.5. The molecule has 9 nitrogen and oxygen atoms in total. The first-order valence-electron chi connectivity index (χ1n) is 14.4. The number of rotatable bonds is 15. The number of carboxylic acid groups (broad SMARTS) is 1. The number of unbranched alkanes of at least 4 members (excludes halogenated alkanes) is 2. The Morgan fingerprint density at radius 3 is 2.23 bits per heavy atom. The number of carbonyl (C=O) groups is 3. The van der Waals surface area contributed by atoms with E-state index < -0.39 is 17.9 Å². The molecular weight excluding hydrogens is 546 g/mol. The van der Waals surface area contributed by atoms with Crippen LogP contribution in [0, 0.1) is 6.92 Å². The average molecular weight is 586 g/mol. The van der Waals surface area contributed by atoms with Crippen LogP contribution in [0.3, 0.4) is 0 Å². The summed E-state index contributed by atoms with van der Waals surface area (Å²) in [6, 6.07) is 21.5. The van der Waals surface area contributed by atoms with Crippen LogP contribution in [0.1, 0.15) is 46.4 Å². The van der Waals surface area contributed by atoms with Gasteiger partial charge in [0.2, 0.25) is 5.91 Å². The molecule has 3 N–H and O–H groups in total. The van der Waals surface area contributed by atoms with E-state index in [0.29, 0.717) is 18.5 Å². The Labute approximate surface area is 251 Å². The van der Waals surface area contributed by atoms with Crippen molar-refractivity contribution in [2.75, 3.05) is 20.8 Å². The lowest BCUT2D eigenvalue weighted by molar-refractivity contribution is -0.137. The molecule has 2 amide bonds. The van der Waals surface area contributed by atoms with Gasteiger partial charge in [-0.25, -0.2) is 0 Å². The average Bonchev–Trinajstić information content (AvgIpc) is 3.36. The highest BCUT2D eigenvalue weighted by Gasteiger charge is 2.25. The molecular formula is C34H39N3O6. The summed E-state index contributed by atoms with van der Waals surface area (Å²) < 4.78 is 12.6. The zero-order valence-corrected chi connectivity index (χ0v) is 24.9. The molecule has 1 unspecified atom stereocenters. The molecule has 0 saturated carbocycles. The summed E-state index contributed by atoms with van der Waals surface area (Å²) in [5.74, 6) is -0.234. The number of aromatic nitrogens is 1. The number of benzene rings is 3. The smallest absolute Gasteiger partial charge is 0.323 e. The maximum absolute atomic E-state index is 13.5. The fourth-order valence-corrected chi connectivity index (χ4v) is 5.30. The maximum atomic E-state index is 13.5. The predicted molar refractivity (Wildman–Crippen MR) is 166 cm³/mol. The summed E-state index contributed by atoms with van der Waals surface area (Å²) in [5.41, 5.74) is 3.83. The molecule has 0 spiro atoms. The van der Waals surface area contributed by atoms with Gasteiger partial charge in [-0.15, -0.1) is 0 Å². The van der Waals surface area contributed by atoms with Gasteiger partial charge in [0, 0.05) is 29.4 Å². The highest BCUT2D eigenvalue weighted by atomic mass is 16.5. The number of carboxylic acids is 1. The van der Waals surface area contributed by atoms with Crippen molar-refractivity contribution in [3.05, 3.63) is 95.2 Å². The van der Waals surface area contributed by atoms with E-state index in [9.17, 15) is 19.5 Å². The van der Waals surface area contributed by atoms with Gasteiger partial charge >= 0.3 is 5.97 Å². The van der Waals surface area contributed by atoms with Crippen molar-refractivity contribution in [2.24, 2.45) is 0 Å². The molecule has 0 saturated heterocycles. The standard InChI is InChI=1S/C34H39N3O6/c1-23-18-30(42-2)26(31(19-23)43-3)15-8-5-11-17-35-33(40)27(20-24-12-6-4-7-13-24)36-34(41)29-21-25-14-9-10-16-28(25)37(29)22-32(38)39/h4,6-7,9-10,12-14,16,18-19,21,27H,5,8,11,15,17,20,22H2,1-3H3,(H,35,40)(H,36,41)(H,38,39). The van der Waals surface area contributed by atoms with Crippen molar-refractivity contribution in [3.63, 3.8) is 0 Å². The molecule has 0 bridgehead atoms. The van der Waals surface area contributed by atoms with Crippen LogP contribution >= 0.6 is 0 Å². The molecule has 226 valence electrons. The van der Waals surface area contributed by atoms with E-state index in [1.807, 2.05) is 61.5 Å². The van der Waals surface area contributed by atoms with Gasteiger partial charge < -0.3 is 29.8 Å². The number of nitrogens with zero attached hydrogens (tertiary/aromatic N) is 1. The number of para-hydroxylation sites is 1. The van der Waals surface area contributed by atoms with Gasteiger partial charge in [-0.3, -0.25) is 14.4 Å². The molecule has 0 radical (unpaired) electrons. The van der Waals surface area contributed by atoms with Crippen molar-refractivity contribution in [1.82, 2.24) is 15.2 Å². The van der Waals surface area contributed by atoms with Crippen molar-refractivity contribution in [3.8, 4) is 11.5 Å². The Morgan fingerprint density at radius 1 is 0.884 bits per heavy atom. The summed E-state index contributed by atoms with van der Waals surface area (Å²) >= 11 is 0. The van der Waals surface area contributed by atoms with Crippen LogP contribution in [0.15, 0.2) is 72.8 Å². The van der Waals surface area contributed by atoms with E-state index in [1.165, 1.54) is 4.57 Å². The summed E-state index contributed by atoms with van der Waals surface area (Å²) in [4.78, 5) is 38.4. The van der Waals surface area contributed by atoms with Crippen LogP contribution in [0.2, 0.25) is 0 Å². The Hall–Kier alpha value is -4.79. The zero-order valence-electron chi connectivity index (χ0n) is 24.9. The first kappa shape index (κ1) is 31.2. The minimum Gasteiger partial charge on any atom is -0.496 e. The maximum Gasteiger partial charge on any atom is 0.323 e. The number of ether oxygens (including phenoxy) is 2. The van der Waals surface area contributed by atoms with Crippen molar-refractivity contribution >= 4 is 28.7 Å². The monoisotopic (exact) mass is 585 g/mol. The Balaban J connectivity index is 1.39. The lowest BCUT2D eigenvalue weighted by Crippen LogP contribution is -2.48. The first-order chi connectivity index (χ1) is 20.8. The lowest BCUT2D eigenvalue weighted by Gasteiger charge is -2.19. The first-order valence-corrected chi connectivity index (χ1v) is 14.4. The normalized spacial score (nSPS) is 11.6. The number of nitrogens with one attached hydrogen (secondary N) is 2. The van der Waals surface area contributed by atoms with E-state index >= 15 is 0 Å². The van der Waals surface area contributed by atoms with E-state index in [-0.39, 0.29) is 18.1 Å². The van der Waals surface area contributed by atoms with Gasteiger partial charge in [-0.1, -0.05) is 55.0 Å². The van der Waals surface area contributed by atoms with Crippen LogP contribution < -0.4 is 20.1 Å². The topological polar surface area (TPSA) is 119 Å². The Bertz CT molecular complexity index is 1540. The minimum atomic E-state index is -1.06. The number of fused-ring (bicyclic) bond motifs is 1. The quantitative estimate of drug-likeness (QED) is 0.170. The Kier molecular flexibility index (Phi) is 10.8. The third-order valence-corrected chi connectivity index (χ3v) is 7.40. The van der Waals surface area contributed by atoms with Gasteiger partial charge in [-0.05, 0) is 61.6 Å². The second-order valence-electron chi connectivity index (χ2n) is 10.5. The predicted octanol–water partition coefficient (Wildman–Crippen LogP) is 4.92. The van der Waals surface area contributed by atoms with E-state index in [1.54, 1.807) is 32.4 Å². The van der Waals surface area contributed by atoms with Crippen molar-refractivity contribution in [2.45, 2.75) is 51.6 Å². The lowest BCUT2D eigenvalue weighted by atomic mass is 10.0. The Morgan fingerprint density at radius 2 is 1.56 bits per heavy atom. The van der Waals surface area contributed by atoms with Gasteiger partial charge in [-0.2, -0.15) is 0 Å². The summed E-state index contributed by atoms with van der Waals surface area (Å²) in [5, 5.41) is 16.1. The molecule has 0 aliphatic heterocycles. The summed E-state index contributed by atoms with van der Waals surface area (Å²) in [6.07, 6.45) is 3.62. The fraction of sp³-hybridized carbons (Fsp3) is 0.324. The van der Waals surface area contributed by atoms with Crippen LogP contribution in [0.5, 0.6) is 11.5 Å². The number of hydrogen-bond acceptors (Lipinski definition) is 5. The number of aliphatic carboxylic acids is 1. The second kappa shape index (κ2) is 14.9. The van der Waals surface area contributed by atoms with Crippen LogP contribution in [0.4, 0.5) is 0 Å². The minimum absolute atomic E-state index is 0.191. The molecule has 3 aromatic carbocycles. The molecule has 1 aromatic heterocycles. The van der Waals surface area contributed by atoms with Gasteiger partial charge in [0.15, 0.2) is 0 Å². The number of methoxy groups -OCH3 is 2. The largest absolute Gasteiger partial charge is 0.496 e. The molecule has 1 heterocycles. The molecule has 0 aliphatic rings. The highest BCUT2D eigenvalue weighted by molar-refractivity contribution is 6.01. The summed E-state index contributed by atoms with van der Waals surface area (Å²) in [7, 11) is 3.31. The fourth-order valence-electron chi connectivity index (χ4n) is 5.30. The number of aryl methyl sites for hydroxylation is 1. The molecule has 4 aromatic rings. The van der Waals surface area contributed by atoms with Crippen LogP contribution in [0.25, 0.3) is 10.9 Å². The SMILES string of the molecule is COc1cc(C)cc(OC)c1CCCCCNC(=O)C(Cc1ccccc1)NC(=O)c1cc2ccccc2n1CC(=O)O. The zero-order chi connectivity index (χ0) is 30.8. The van der Waals surface area contributed by atoms with Gasteiger partial charge in [0.05, 0.1) is 14.2 Å². The molecule has 1 atom stereocenters. The molecule has 43 heavy (non-hydrogen) atoms. The molecule has 0 fully saturated rings.